The zero-order chi connectivity index (χ0) is 14.7. The summed E-state index contributed by atoms with van der Waals surface area (Å²) in [7, 11) is 2.61. The number of hydrogen-bond donors (Lipinski definition) is 0. The molecule has 6 heteroatoms. The van der Waals surface area contributed by atoms with E-state index >= 15 is 0 Å². The molecule has 1 aromatic rings. The summed E-state index contributed by atoms with van der Waals surface area (Å²) in [6.45, 7) is 0.295. The number of rotatable bonds is 3. The summed E-state index contributed by atoms with van der Waals surface area (Å²) in [5.41, 5.74) is 1.06. The van der Waals surface area contributed by atoms with Crippen LogP contribution in [-0.4, -0.2) is 38.6 Å². The van der Waals surface area contributed by atoms with Crippen LogP contribution in [0.3, 0.4) is 0 Å². The smallest absolute Gasteiger partial charge is 0.337 e. The third-order valence-electron chi connectivity index (χ3n) is 3.26. The third-order valence-corrected chi connectivity index (χ3v) is 3.26. The quantitative estimate of drug-likeness (QED) is 0.771. The van der Waals surface area contributed by atoms with Gasteiger partial charge in [0.25, 0.3) is 0 Å². The first kappa shape index (κ1) is 14.0. The van der Waals surface area contributed by atoms with E-state index in [4.69, 9.17) is 0 Å². The van der Waals surface area contributed by atoms with Crippen LogP contribution in [0.5, 0.6) is 0 Å². The van der Waals surface area contributed by atoms with E-state index in [-0.39, 0.29) is 18.3 Å². The van der Waals surface area contributed by atoms with Crippen molar-refractivity contribution in [2.45, 2.75) is 6.42 Å². The Morgan fingerprint density at radius 3 is 2.35 bits per heavy atom. The predicted molar refractivity (Wildman–Crippen MR) is 70.3 cm³/mol. The molecule has 1 aromatic carbocycles. The van der Waals surface area contributed by atoms with Gasteiger partial charge in [0.1, 0.15) is 0 Å². The van der Waals surface area contributed by atoms with E-state index in [0.717, 1.165) is 0 Å². The predicted octanol–water partition coefficient (Wildman–Crippen LogP) is 0.999. The van der Waals surface area contributed by atoms with Gasteiger partial charge < -0.3 is 14.4 Å². The van der Waals surface area contributed by atoms with Crippen LogP contribution in [0.4, 0.5) is 5.69 Å². The van der Waals surface area contributed by atoms with E-state index in [2.05, 4.69) is 9.47 Å². The molecule has 0 radical (unpaired) electrons. The maximum Gasteiger partial charge on any atom is 0.337 e. The number of esters is 2. The van der Waals surface area contributed by atoms with Crippen LogP contribution in [-0.2, 0) is 19.1 Å². The van der Waals surface area contributed by atoms with Crippen molar-refractivity contribution in [2.75, 3.05) is 25.7 Å². The van der Waals surface area contributed by atoms with Gasteiger partial charge >= 0.3 is 11.9 Å². The molecular weight excluding hydrogens is 262 g/mol. The fourth-order valence-electron chi connectivity index (χ4n) is 2.18. The molecule has 0 aromatic heterocycles. The first-order valence-corrected chi connectivity index (χ1v) is 6.13. The van der Waals surface area contributed by atoms with Crippen LogP contribution < -0.4 is 4.90 Å². The summed E-state index contributed by atoms with van der Waals surface area (Å²) in [4.78, 5) is 36.2. The molecule has 0 saturated carbocycles. The molecule has 1 unspecified atom stereocenters. The monoisotopic (exact) mass is 277 g/mol. The Hall–Kier alpha value is -2.37. The van der Waals surface area contributed by atoms with Gasteiger partial charge in [-0.1, -0.05) is 0 Å². The molecule has 1 atom stereocenters. The Morgan fingerprint density at radius 1 is 1.15 bits per heavy atom. The molecule has 2 rings (SSSR count). The summed E-state index contributed by atoms with van der Waals surface area (Å²) in [6.07, 6.45) is 0.144. The van der Waals surface area contributed by atoms with E-state index in [1.54, 1.807) is 24.3 Å². The number of carbonyl (C=O) groups excluding carboxylic acids is 3. The van der Waals surface area contributed by atoms with Crippen molar-refractivity contribution in [3.63, 3.8) is 0 Å². The van der Waals surface area contributed by atoms with Crippen LogP contribution in [0.15, 0.2) is 24.3 Å². The Bertz CT molecular complexity index is 537. The van der Waals surface area contributed by atoms with Gasteiger partial charge in [-0.2, -0.15) is 0 Å². The summed E-state index contributed by atoms with van der Waals surface area (Å²) in [6, 6.07) is 6.48. The van der Waals surface area contributed by atoms with Crippen molar-refractivity contribution in [3.05, 3.63) is 29.8 Å². The van der Waals surface area contributed by atoms with Gasteiger partial charge in [-0.25, -0.2) is 4.79 Å². The second-order valence-electron chi connectivity index (χ2n) is 4.47. The third kappa shape index (κ3) is 2.64. The van der Waals surface area contributed by atoms with Crippen LogP contribution in [0.25, 0.3) is 0 Å². The van der Waals surface area contributed by atoms with Crippen molar-refractivity contribution >= 4 is 23.5 Å². The van der Waals surface area contributed by atoms with Crippen molar-refractivity contribution < 1.29 is 23.9 Å². The normalized spacial score (nSPS) is 18.0. The molecule has 106 valence electrons. The molecule has 1 aliphatic heterocycles. The molecule has 1 fully saturated rings. The van der Waals surface area contributed by atoms with E-state index < -0.39 is 11.9 Å². The second kappa shape index (κ2) is 5.73. The number of ether oxygens (including phenoxy) is 2. The fraction of sp³-hybridized carbons (Fsp3) is 0.357. The van der Waals surface area contributed by atoms with Crippen LogP contribution >= 0.6 is 0 Å². The first-order valence-electron chi connectivity index (χ1n) is 6.13. The van der Waals surface area contributed by atoms with Crippen molar-refractivity contribution in [1.29, 1.82) is 0 Å². The molecule has 1 saturated heterocycles. The number of carbonyl (C=O) groups is 3. The number of methoxy groups -OCH3 is 2. The average Bonchev–Trinajstić information content (AvgIpc) is 2.87. The summed E-state index contributed by atoms with van der Waals surface area (Å²) >= 11 is 0. The molecular formula is C14H15NO5. The van der Waals surface area contributed by atoms with Crippen molar-refractivity contribution in [1.82, 2.24) is 0 Å². The molecule has 0 N–H and O–H groups in total. The highest BCUT2D eigenvalue weighted by Crippen LogP contribution is 2.26. The molecule has 0 spiro atoms. The van der Waals surface area contributed by atoms with Crippen LogP contribution in [0.1, 0.15) is 16.8 Å². The summed E-state index contributed by atoms with van der Waals surface area (Å²) in [5, 5.41) is 0. The number of hydrogen-bond acceptors (Lipinski definition) is 5. The molecule has 20 heavy (non-hydrogen) atoms. The zero-order valence-electron chi connectivity index (χ0n) is 11.3. The van der Waals surface area contributed by atoms with Gasteiger partial charge in [0.05, 0.1) is 25.7 Å². The van der Waals surface area contributed by atoms with Crippen LogP contribution in [0.2, 0.25) is 0 Å². The minimum Gasteiger partial charge on any atom is -0.469 e. The second-order valence-corrected chi connectivity index (χ2v) is 4.47. The lowest BCUT2D eigenvalue weighted by molar-refractivity contribution is -0.145. The number of nitrogens with zero attached hydrogens (tertiary/aromatic N) is 1. The summed E-state index contributed by atoms with van der Waals surface area (Å²) in [5.74, 6) is -1.39. The SMILES string of the molecule is COC(=O)c1ccc(N2CC(C(=O)OC)CC2=O)cc1. The molecule has 1 heterocycles. The molecule has 6 nitrogen and oxygen atoms in total. The lowest BCUT2D eigenvalue weighted by Gasteiger charge is -2.16. The van der Waals surface area contributed by atoms with Gasteiger partial charge in [0.2, 0.25) is 5.91 Å². The standard InChI is InChI=1S/C14H15NO5/c1-19-13(17)9-3-5-11(6-4-9)15-8-10(7-12(15)16)14(18)20-2/h3-6,10H,7-8H2,1-2H3. The minimum absolute atomic E-state index is 0.133. The largest absolute Gasteiger partial charge is 0.469 e. The number of anilines is 1. The van der Waals surface area contributed by atoms with Crippen LogP contribution in [0, 0.1) is 5.92 Å². The van der Waals surface area contributed by atoms with E-state index in [1.807, 2.05) is 0 Å². The Balaban J connectivity index is 2.14. The molecule has 0 aliphatic carbocycles. The summed E-state index contributed by atoms with van der Waals surface area (Å²) < 4.78 is 9.26. The lowest BCUT2D eigenvalue weighted by atomic mass is 10.1. The maximum atomic E-state index is 11.9. The van der Waals surface area contributed by atoms with Gasteiger partial charge in [-0.3, -0.25) is 9.59 Å². The Labute approximate surface area is 116 Å². The lowest BCUT2D eigenvalue weighted by Crippen LogP contribution is -2.26. The number of benzene rings is 1. The van der Waals surface area contributed by atoms with Gasteiger partial charge in [0.15, 0.2) is 0 Å². The molecule has 1 amide bonds. The highest BCUT2D eigenvalue weighted by molar-refractivity contribution is 6.00. The average molecular weight is 277 g/mol. The highest BCUT2D eigenvalue weighted by Gasteiger charge is 2.35. The topological polar surface area (TPSA) is 72.9 Å². The first-order chi connectivity index (χ1) is 9.56. The van der Waals surface area contributed by atoms with Gasteiger partial charge in [-0.05, 0) is 24.3 Å². The van der Waals surface area contributed by atoms with E-state index in [1.165, 1.54) is 19.1 Å². The maximum absolute atomic E-state index is 11.9. The number of amides is 1. The Kier molecular flexibility index (Phi) is 4.02. The Morgan fingerprint density at radius 2 is 1.80 bits per heavy atom. The van der Waals surface area contributed by atoms with Crippen molar-refractivity contribution in [2.24, 2.45) is 5.92 Å². The van der Waals surface area contributed by atoms with Crippen molar-refractivity contribution in [3.8, 4) is 0 Å². The van der Waals surface area contributed by atoms with Gasteiger partial charge in [0, 0.05) is 18.7 Å². The fourth-order valence-corrected chi connectivity index (χ4v) is 2.18. The minimum atomic E-state index is -0.437. The van der Waals surface area contributed by atoms with E-state index in [9.17, 15) is 14.4 Å². The van der Waals surface area contributed by atoms with E-state index in [0.29, 0.717) is 17.8 Å². The molecule has 1 aliphatic rings. The highest BCUT2D eigenvalue weighted by atomic mass is 16.5. The molecule has 0 bridgehead atoms. The zero-order valence-corrected chi connectivity index (χ0v) is 11.3. The van der Waals surface area contributed by atoms with Gasteiger partial charge in [-0.15, -0.1) is 0 Å².